The fourth-order valence-corrected chi connectivity index (χ4v) is 2.24. The first-order chi connectivity index (χ1) is 8.06. The van der Waals surface area contributed by atoms with Gasteiger partial charge in [0.1, 0.15) is 5.69 Å². The van der Waals surface area contributed by atoms with Gasteiger partial charge in [-0.1, -0.05) is 11.6 Å². The van der Waals surface area contributed by atoms with Crippen LogP contribution in [0.3, 0.4) is 0 Å². The number of rotatable bonds is 4. The highest BCUT2D eigenvalue weighted by Crippen LogP contribution is 2.21. The SMILES string of the molecule is Cn1ccc(C(=O)CC(=O)c2csc(Cl)c2)n1. The monoisotopic (exact) mass is 268 g/mol. The van der Waals surface area contributed by atoms with E-state index in [1.54, 1.807) is 30.8 Å². The Morgan fingerprint density at radius 3 is 2.76 bits per heavy atom. The molecule has 0 aromatic carbocycles. The molecule has 0 aliphatic rings. The molecule has 17 heavy (non-hydrogen) atoms. The quantitative estimate of drug-likeness (QED) is 0.633. The van der Waals surface area contributed by atoms with E-state index in [-0.39, 0.29) is 18.0 Å². The maximum Gasteiger partial charge on any atom is 0.190 e. The van der Waals surface area contributed by atoms with Crippen molar-refractivity contribution in [2.24, 2.45) is 7.05 Å². The normalized spacial score (nSPS) is 10.5. The molecule has 2 heterocycles. The lowest BCUT2D eigenvalue weighted by Gasteiger charge is -1.95. The van der Waals surface area contributed by atoms with E-state index in [1.807, 2.05) is 0 Å². The molecule has 2 rings (SSSR count). The summed E-state index contributed by atoms with van der Waals surface area (Å²) < 4.78 is 2.07. The molecular weight excluding hydrogens is 260 g/mol. The maximum absolute atomic E-state index is 11.7. The molecule has 2 aromatic heterocycles. The van der Waals surface area contributed by atoms with Gasteiger partial charge in [-0.3, -0.25) is 14.3 Å². The van der Waals surface area contributed by atoms with Crippen LogP contribution in [0.15, 0.2) is 23.7 Å². The number of thiophene rings is 1. The Morgan fingerprint density at radius 2 is 2.24 bits per heavy atom. The zero-order valence-electron chi connectivity index (χ0n) is 9.01. The van der Waals surface area contributed by atoms with E-state index in [0.717, 1.165) is 0 Å². The number of halogens is 1. The van der Waals surface area contributed by atoms with Crippen molar-refractivity contribution in [2.45, 2.75) is 6.42 Å². The van der Waals surface area contributed by atoms with Gasteiger partial charge in [0.15, 0.2) is 11.6 Å². The molecule has 0 fully saturated rings. The van der Waals surface area contributed by atoms with Crippen LogP contribution in [0.25, 0.3) is 0 Å². The minimum atomic E-state index is -0.280. The lowest BCUT2D eigenvalue weighted by Crippen LogP contribution is -2.09. The van der Waals surface area contributed by atoms with Gasteiger partial charge < -0.3 is 0 Å². The Morgan fingerprint density at radius 1 is 1.47 bits per heavy atom. The van der Waals surface area contributed by atoms with Gasteiger partial charge in [-0.25, -0.2) is 0 Å². The van der Waals surface area contributed by atoms with E-state index in [4.69, 9.17) is 11.6 Å². The van der Waals surface area contributed by atoms with E-state index in [0.29, 0.717) is 15.6 Å². The number of hydrogen-bond acceptors (Lipinski definition) is 4. The first kappa shape index (κ1) is 12.0. The Kier molecular flexibility index (Phi) is 3.40. The molecule has 0 amide bonds. The zero-order chi connectivity index (χ0) is 12.4. The van der Waals surface area contributed by atoms with Crippen LogP contribution >= 0.6 is 22.9 Å². The van der Waals surface area contributed by atoms with E-state index in [9.17, 15) is 9.59 Å². The molecule has 0 aliphatic carbocycles. The highest BCUT2D eigenvalue weighted by Gasteiger charge is 2.16. The van der Waals surface area contributed by atoms with Crippen LogP contribution < -0.4 is 0 Å². The van der Waals surface area contributed by atoms with Crippen LogP contribution in [0, 0.1) is 0 Å². The summed E-state index contributed by atoms with van der Waals surface area (Å²) in [6.07, 6.45) is 1.49. The summed E-state index contributed by atoms with van der Waals surface area (Å²) in [5, 5.41) is 5.60. The minimum Gasteiger partial charge on any atom is -0.294 e. The van der Waals surface area contributed by atoms with Crippen LogP contribution in [-0.4, -0.2) is 21.3 Å². The second-order valence-electron chi connectivity index (χ2n) is 3.54. The number of aromatic nitrogens is 2. The van der Waals surface area contributed by atoms with Crippen molar-refractivity contribution in [3.8, 4) is 0 Å². The predicted octanol–water partition coefficient (Wildman–Crippen LogP) is 2.59. The van der Waals surface area contributed by atoms with Crippen molar-refractivity contribution in [3.05, 3.63) is 39.3 Å². The summed E-state index contributed by atoms with van der Waals surface area (Å²) in [7, 11) is 1.72. The van der Waals surface area contributed by atoms with E-state index < -0.39 is 0 Å². The Bertz CT molecular complexity index is 523. The lowest BCUT2D eigenvalue weighted by molar-refractivity contribution is 0.0891. The van der Waals surface area contributed by atoms with Gasteiger partial charge in [-0.05, 0) is 12.1 Å². The van der Waals surface area contributed by atoms with Gasteiger partial charge >= 0.3 is 0 Å². The summed E-state index contributed by atoms with van der Waals surface area (Å²) in [6.45, 7) is 0. The van der Waals surface area contributed by atoms with E-state index in [2.05, 4.69) is 5.10 Å². The maximum atomic E-state index is 11.7. The number of Topliss-reactive ketones (excluding diaryl/α,β-unsaturated/α-hetero) is 2. The third kappa shape index (κ3) is 2.81. The molecule has 0 saturated heterocycles. The summed E-state index contributed by atoms with van der Waals surface area (Å²) in [5.41, 5.74) is 0.784. The van der Waals surface area contributed by atoms with Gasteiger partial charge in [0.05, 0.1) is 10.8 Å². The first-order valence-electron chi connectivity index (χ1n) is 4.86. The predicted molar refractivity (Wildman–Crippen MR) is 65.8 cm³/mol. The Balaban J connectivity index is 2.07. The van der Waals surface area contributed by atoms with Crippen LogP contribution in [0.2, 0.25) is 4.34 Å². The Hall–Kier alpha value is -1.46. The molecule has 6 heteroatoms. The van der Waals surface area contributed by atoms with Gasteiger partial charge in [0.25, 0.3) is 0 Å². The average molecular weight is 269 g/mol. The second kappa shape index (κ2) is 4.81. The van der Waals surface area contributed by atoms with Crippen molar-refractivity contribution < 1.29 is 9.59 Å². The summed E-state index contributed by atoms with van der Waals surface area (Å²) in [4.78, 5) is 23.5. The molecule has 0 atom stereocenters. The van der Waals surface area contributed by atoms with E-state index >= 15 is 0 Å². The van der Waals surface area contributed by atoms with Gasteiger partial charge in [0.2, 0.25) is 0 Å². The molecule has 0 radical (unpaired) electrons. The number of carbonyl (C=O) groups excluding carboxylic acids is 2. The largest absolute Gasteiger partial charge is 0.294 e. The highest BCUT2D eigenvalue weighted by atomic mass is 35.5. The van der Waals surface area contributed by atoms with Crippen LogP contribution in [0.4, 0.5) is 0 Å². The van der Waals surface area contributed by atoms with Gasteiger partial charge in [0, 0.05) is 24.2 Å². The summed E-state index contributed by atoms with van der Waals surface area (Å²) in [6, 6.07) is 3.16. The number of hydrogen-bond donors (Lipinski definition) is 0. The second-order valence-corrected chi connectivity index (χ2v) is 5.08. The van der Waals surface area contributed by atoms with Gasteiger partial charge in [-0.15, -0.1) is 11.3 Å². The van der Waals surface area contributed by atoms with Crippen molar-refractivity contribution >= 4 is 34.5 Å². The zero-order valence-corrected chi connectivity index (χ0v) is 10.6. The molecule has 0 unspecified atom stereocenters. The molecule has 2 aromatic rings. The molecular formula is C11H9ClN2O2S. The third-order valence-corrected chi connectivity index (χ3v) is 3.30. The molecule has 0 saturated carbocycles. The smallest absolute Gasteiger partial charge is 0.190 e. The molecule has 4 nitrogen and oxygen atoms in total. The van der Waals surface area contributed by atoms with Crippen molar-refractivity contribution in [2.75, 3.05) is 0 Å². The third-order valence-electron chi connectivity index (χ3n) is 2.21. The summed E-state index contributed by atoms with van der Waals surface area (Å²) in [5.74, 6) is -0.512. The molecule has 88 valence electrons. The fourth-order valence-electron chi connectivity index (χ4n) is 1.36. The van der Waals surface area contributed by atoms with Crippen molar-refractivity contribution in [1.82, 2.24) is 9.78 Å². The van der Waals surface area contributed by atoms with Crippen LogP contribution in [0.1, 0.15) is 27.3 Å². The topological polar surface area (TPSA) is 52.0 Å². The molecule has 0 spiro atoms. The number of ketones is 2. The van der Waals surface area contributed by atoms with Crippen molar-refractivity contribution in [3.63, 3.8) is 0 Å². The average Bonchev–Trinajstić information content (AvgIpc) is 2.87. The molecule has 0 N–H and O–H groups in total. The standard InChI is InChI=1S/C11H9ClN2O2S/c1-14-3-2-8(13-14)10(16)5-9(15)7-4-11(12)17-6-7/h2-4,6H,5H2,1H3. The van der Waals surface area contributed by atoms with Crippen LogP contribution in [-0.2, 0) is 7.05 Å². The van der Waals surface area contributed by atoms with E-state index in [1.165, 1.54) is 16.0 Å². The number of aryl methyl sites for hydroxylation is 1. The van der Waals surface area contributed by atoms with Crippen LogP contribution in [0.5, 0.6) is 0 Å². The number of carbonyl (C=O) groups is 2. The number of nitrogens with zero attached hydrogens (tertiary/aromatic N) is 2. The molecule has 0 bridgehead atoms. The van der Waals surface area contributed by atoms with Crippen molar-refractivity contribution in [1.29, 1.82) is 0 Å². The lowest BCUT2D eigenvalue weighted by atomic mass is 10.1. The Labute approximate surface area is 107 Å². The van der Waals surface area contributed by atoms with Gasteiger partial charge in [-0.2, -0.15) is 5.10 Å². The molecule has 0 aliphatic heterocycles. The highest BCUT2D eigenvalue weighted by molar-refractivity contribution is 7.14. The summed E-state index contributed by atoms with van der Waals surface area (Å²) >= 11 is 7.00. The first-order valence-corrected chi connectivity index (χ1v) is 6.12. The fraction of sp³-hybridized carbons (Fsp3) is 0.182. The minimum absolute atomic E-state index is 0.177.